The van der Waals surface area contributed by atoms with Crippen molar-refractivity contribution >= 4 is 23.2 Å². The predicted molar refractivity (Wildman–Crippen MR) is 92.5 cm³/mol. The van der Waals surface area contributed by atoms with E-state index in [9.17, 15) is 9.59 Å². The van der Waals surface area contributed by atoms with Crippen LogP contribution in [0.4, 0.5) is 0 Å². The first kappa shape index (κ1) is 16.5. The van der Waals surface area contributed by atoms with E-state index < -0.39 is 0 Å². The normalized spacial score (nSPS) is 24.1. The summed E-state index contributed by atoms with van der Waals surface area (Å²) in [6.45, 7) is 2.47. The number of hydrogen-bond donors (Lipinski definition) is 1. The smallest absolute Gasteiger partial charge is 0.261 e. The third kappa shape index (κ3) is 4.34. The van der Waals surface area contributed by atoms with E-state index >= 15 is 0 Å². The largest absolute Gasteiger partial charge is 0.351 e. The molecule has 2 aliphatic rings. The van der Waals surface area contributed by atoms with Gasteiger partial charge < -0.3 is 10.2 Å². The Kier molecular flexibility index (Phi) is 5.70. The van der Waals surface area contributed by atoms with Gasteiger partial charge in [0.2, 0.25) is 5.91 Å². The van der Waals surface area contributed by atoms with E-state index in [0.29, 0.717) is 13.0 Å². The molecular weight excluding hydrogens is 308 g/mol. The van der Waals surface area contributed by atoms with Gasteiger partial charge in [-0.05, 0) is 42.5 Å². The second-order valence-corrected chi connectivity index (χ2v) is 7.72. The average molecular weight is 334 g/mol. The molecule has 0 aromatic carbocycles. The number of carbonyl (C=O) groups excluding carboxylic acids is 2. The lowest BCUT2D eigenvalue weighted by Crippen LogP contribution is -2.44. The van der Waals surface area contributed by atoms with Gasteiger partial charge in [0.05, 0.1) is 4.88 Å². The van der Waals surface area contributed by atoms with Crippen LogP contribution in [0.25, 0.3) is 0 Å². The summed E-state index contributed by atoms with van der Waals surface area (Å²) < 4.78 is 0. The van der Waals surface area contributed by atoms with Crippen molar-refractivity contribution in [2.45, 2.75) is 44.9 Å². The summed E-state index contributed by atoms with van der Waals surface area (Å²) >= 11 is 1.44. The van der Waals surface area contributed by atoms with Crippen LogP contribution in [-0.4, -0.2) is 36.3 Å². The molecule has 1 aliphatic heterocycles. The number of fused-ring (bicyclic) bond motifs is 1. The van der Waals surface area contributed by atoms with Crippen molar-refractivity contribution in [1.29, 1.82) is 0 Å². The maximum Gasteiger partial charge on any atom is 0.261 e. The van der Waals surface area contributed by atoms with Crippen molar-refractivity contribution in [3.8, 4) is 0 Å². The summed E-state index contributed by atoms with van der Waals surface area (Å²) in [5, 5.41) is 4.79. The lowest BCUT2D eigenvalue weighted by atomic mass is 9.75. The number of hydrogen-bond acceptors (Lipinski definition) is 3. The van der Waals surface area contributed by atoms with E-state index in [4.69, 9.17) is 0 Å². The van der Waals surface area contributed by atoms with Crippen molar-refractivity contribution in [3.63, 3.8) is 0 Å². The van der Waals surface area contributed by atoms with Crippen LogP contribution in [0.3, 0.4) is 0 Å². The highest BCUT2D eigenvalue weighted by molar-refractivity contribution is 7.12. The predicted octanol–water partition coefficient (Wildman–Crippen LogP) is 3.30. The average Bonchev–Trinajstić information content (AvgIpc) is 3.12. The zero-order valence-corrected chi connectivity index (χ0v) is 14.4. The number of nitrogens with one attached hydrogen (secondary N) is 1. The van der Waals surface area contributed by atoms with Crippen LogP contribution in [0.5, 0.6) is 0 Å². The molecule has 0 bridgehead atoms. The minimum absolute atomic E-state index is 0.0320. The molecular formula is C18H26N2O2S. The number of carbonyl (C=O) groups is 2. The van der Waals surface area contributed by atoms with Gasteiger partial charge >= 0.3 is 0 Å². The van der Waals surface area contributed by atoms with Crippen molar-refractivity contribution in [3.05, 3.63) is 22.4 Å². The fourth-order valence-corrected chi connectivity index (χ4v) is 4.56. The maximum absolute atomic E-state index is 12.4. The number of thiophene rings is 1. The molecule has 5 heteroatoms. The van der Waals surface area contributed by atoms with Crippen LogP contribution < -0.4 is 5.32 Å². The first-order valence-electron chi connectivity index (χ1n) is 8.83. The molecule has 0 spiro atoms. The molecule has 2 unspecified atom stereocenters. The van der Waals surface area contributed by atoms with Gasteiger partial charge in [0.1, 0.15) is 0 Å². The Hall–Kier alpha value is -1.36. The zero-order valence-electron chi connectivity index (χ0n) is 13.6. The van der Waals surface area contributed by atoms with Crippen LogP contribution >= 0.6 is 11.3 Å². The molecule has 0 radical (unpaired) electrons. The second-order valence-electron chi connectivity index (χ2n) is 6.77. The Morgan fingerprint density at radius 2 is 2.04 bits per heavy atom. The minimum atomic E-state index is -0.0320. The lowest BCUT2D eigenvalue weighted by molar-refractivity contribution is -0.134. The second kappa shape index (κ2) is 7.95. The summed E-state index contributed by atoms with van der Waals surface area (Å²) in [5.74, 6) is 1.83. The molecule has 1 aromatic rings. The van der Waals surface area contributed by atoms with Gasteiger partial charge in [-0.15, -0.1) is 11.3 Å². The Labute approximate surface area is 142 Å². The quantitative estimate of drug-likeness (QED) is 0.840. The molecule has 4 nitrogen and oxygen atoms in total. The van der Waals surface area contributed by atoms with Crippen molar-refractivity contribution in [2.75, 3.05) is 19.6 Å². The summed E-state index contributed by atoms with van der Waals surface area (Å²) in [5.41, 5.74) is 0. The molecule has 2 fully saturated rings. The van der Waals surface area contributed by atoms with Crippen molar-refractivity contribution < 1.29 is 9.59 Å². The topological polar surface area (TPSA) is 49.4 Å². The molecule has 2 atom stereocenters. The number of likely N-dealkylation sites (tertiary alicyclic amines) is 1. The Morgan fingerprint density at radius 3 is 2.83 bits per heavy atom. The standard InChI is InChI=1S/C18H26N2O2S/c21-17(8-3-10-19-18(22)16-7-4-12-23-16)20-11-9-14-5-1-2-6-15(14)13-20/h4,7,12,14-15H,1-3,5-6,8-11,13H2,(H,19,22). The molecule has 1 saturated heterocycles. The Morgan fingerprint density at radius 1 is 1.22 bits per heavy atom. The summed E-state index contributed by atoms with van der Waals surface area (Å²) in [6.07, 6.45) is 7.82. The van der Waals surface area contributed by atoms with Crippen LogP contribution in [-0.2, 0) is 4.79 Å². The molecule has 2 amide bonds. The monoisotopic (exact) mass is 334 g/mol. The number of piperidine rings is 1. The third-order valence-electron chi connectivity index (χ3n) is 5.24. The zero-order chi connectivity index (χ0) is 16.1. The molecule has 1 saturated carbocycles. The van der Waals surface area contributed by atoms with Gasteiger partial charge in [0.15, 0.2) is 0 Å². The highest BCUT2D eigenvalue weighted by Gasteiger charge is 2.32. The molecule has 2 heterocycles. The molecule has 1 N–H and O–H groups in total. The van der Waals surface area contributed by atoms with E-state index in [1.165, 1.54) is 43.4 Å². The number of rotatable bonds is 5. The number of nitrogens with zero attached hydrogens (tertiary/aromatic N) is 1. The lowest BCUT2D eigenvalue weighted by Gasteiger charge is -2.41. The van der Waals surface area contributed by atoms with E-state index in [-0.39, 0.29) is 11.8 Å². The SMILES string of the molecule is O=C(NCCCC(=O)N1CCC2CCCCC2C1)c1cccs1. The molecule has 126 valence electrons. The highest BCUT2D eigenvalue weighted by atomic mass is 32.1. The van der Waals surface area contributed by atoms with E-state index in [1.54, 1.807) is 0 Å². The van der Waals surface area contributed by atoms with Crippen LogP contribution in [0.1, 0.15) is 54.6 Å². The van der Waals surface area contributed by atoms with E-state index in [1.807, 2.05) is 17.5 Å². The Bertz CT molecular complexity index is 529. The highest BCUT2D eigenvalue weighted by Crippen LogP contribution is 2.36. The van der Waals surface area contributed by atoms with Gasteiger partial charge in [-0.25, -0.2) is 0 Å². The summed E-state index contributed by atoms with van der Waals surface area (Å²) in [7, 11) is 0. The van der Waals surface area contributed by atoms with Crippen LogP contribution in [0, 0.1) is 11.8 Å². The minimum Gasteiger partial charge on any atom is -0.351 e. The van der Waals surface area contributed by atoms with Crippen LogP contribution in [0.15, 0.2) is 17.5 Å². The van der Waals surface area contributed by atoms with Gasteiger partial charge in [-0.1, -0.05) is 25.3 Å². The van der Waals surface area contributed by atoms with Gasteiger partial charge in [-0.3, -0.25) is 9.59 Å². The maximum atomic E-state index is 12.4. The third-order valence-corrected chi connectivity index (χ3v) is 6.11. The first-order valence-corrected chi connectivity index (χ1v) is 9.71. The van der Waals surface area contributed by atoms with Gasteiger partial charge in [0, 0.05) is 26.1 Å². The molecule has 1 aliphatic carbocycles. The van der Waals surface area contributed by atoms with Crippen LogP contribution in [0.2, 0.25) is 0 Å². The van der Waals surface area contributed by atoms with Gasteiger partial charge in [0.25, 0.3) is 5.91 Å². The fraction of sp³-hybridized carbons (Fsp3) is 0.667. The van der Waals surface area contributed by atoms with Crippen molar-refractivity contribution in [2.24, 2.45) is 11.8 Å². The first-order chi connectivity index (χ1) is 11.2. The summed E-state index contributed by atoms with van der Waals surface area (Å²) in [6, 6.07) is 3.69. The molecule has 3 rings (SSSR count). The summed E-state index contributed by atoms with van der Waals surface area (Å²) in [4.78, 5) is 27.0. The van der Waals surface area contributed by atoms with Crippen molar-refractivity contribution in [1.82, 2.24) is 10.2 Å². The van der Waals surface area contributed by atoms with Gasteiger partial charge in [-0.2, -0.15) is 0 Å². The molecule has 23 heavy (non-hydrogen) atoms. The molecule has 1 aromatic heterocycles. The van der Waals surface area contributed by atoms with E-state index in [0.717, 1.165) is 36.2 Å². The van der Waals surface area contributed by atoms with E-state index in [2.05, 4.69) is 10.2 Å². The fourth-order valence-electron chi connectivity index (χ4n) is 3.92. The number of amides is 2. The Balaban J connectivity index is 1.35.